The van der Waals surface area contributed by atoms with Gasteiger partial charge in [-0.1, -0.05) is 0 Å². The average Bonchev–Trinajstić information content (AvgIpc) is 2.94. The van der Waals surface area contributed by atoms with E-state index < -0.39 is 0 Å². The Bertz CT molecular complexity index is 627. The van der Waals surface area contributed by atoms with Gasteiger partial charge in [-0.3, -0.25) is 4.79 Å². The summed E-state index contributed by atoms with van der Waals surface area (Å²) in [6.45, 7) is 2.08. The van der Waals surface area contributed by atoms with Crippen molar-refractivity contribution in [2.24, 2.45) is 5.92 Å². The molecule has 1 unspecified atom stereocenters. The van der Waals surface area contributed by atoms with Crippen molar-refractivity contribution in [2.75, 3.05) is 7.11 Å². The van der Waals surface area contributed by atoms with Gasteiger partial charge in [0.15, 0.2) is 0 Å². The number of ketones is 1. The quantitative estimate of drug-likeness (QED) is 0.915. The number of carbonyl (C=O) groups excluding carboxylic acids is 1. The summed E-state index contributed by atoms with van der Waals surface area (Å²) in [6.07, 6.45) is 3.70. The third-order valence-corrected chi connectivity index (χ3v) is 4.21. The summed E-state index contributed by atoms with van der Waals surface area (Å²) in [5, 5.41) is 1.19. The van der Waals surface area contributed by atoms with E-state index in [1.165, 1.54) is 16.6 Å². The molecule has 1 aromatic heterocycles. The maximum absolute atomic E-state index is 11.8. The monoisotopic (exact) mass is 257 g/mol. The van der Waals surface area contributed by atoms with Crippen molar-refractivity contribution in [3.8, 4) is 5.75 Å². The van der Waals surface area contributed by atoms with E-state index in [2.05, 4.69) is 18.0 Å². The zero-order valence-corrected chi connectivity index (χ0v) is 11.5. The molecule has 100 valence electrons. The Morgan fingerprint density at radius 3 is 2.95 bits per heavy atom. The van der Waals surface area contributed by atoms with Crippen molar-refractivity contribution in [1.29, 1.82) is 0 Å². The number of carbonyl (C=O) groups is 1. The second kappa shape index (κ2) is 4.72. The van der Waals surface area contributed by atoms with Crippen molar-refractivity contribution >= 4 is 16.7 Å². The van der Waals surface area contributed by atoms with E-state index in [0.29, 0.717) is 5.78 Å². The summed E-state index contributed by atoms with van der Waals surface area (Å²) in [7, 11) is 1.68. The number of methoxy groups -OCH3 is 1. The smallest absolute Gasteiger partial charge is 0.136 e. The minimum atomic E-state index is 0.212. The molecule has 1 saturated carbocycles. The third-order valence-electron chi connectivity index (χ3n) is 4.21. The Morgan fingerprint density at radius 2 is 2.26 bits per heavy atom. The topological polar surface area (TPSA) is 42.1 Å². The Kier molecular flexibility index (Phi) is 3.05. The van der Waals surface area contributed by atoms with Gasteiger partial charge in [0, 0.05) is 28.9 Å². The number of hydrogen-bond acceptors (Lipinski definition) is 2. The lowest BCUT2D eigenvalue weighted by molar-refractivity contribution is -0.120. The predicted octanol–water partition coefficient (Wildman–Crippen LogP) is 3.40. The van der Waals surface area contributed by atoms with Crippen LogP contribution in [-0.4, -0.2) is 17.9 Å². The van der Waals surface area contributed by atoms with Gasteiger partial charge in [-0.15, -0.1) is 0 Å². The summed E-state index contributed by atoms with van der Waals surface area (Å²) in [6, 6.07) is 6.07. The molecule has 3 heteroatoms. The lowest BCUT2D eigenvalue weighted by Gasteiger charge is -2.08. The van der Waals surface area contributed by atoms with Crippen LogP contribution in [0.4, 0.5) is 0 Å². The number of aromatic nitrogens is 1. The lowest BCUT2D eigenvalue weighted by Crippen LogP contribution is -2.09. The summed E-state index contributed by atoms with van der Waals surface area (Å²) in [5.41, 5.74) is 3.57. The summed E-state index contributed by atoms with van der Waals surface area (Å²) < 4.78 is 5.30. The van der Waals surface area contributed by atoms with E-state index in [1.807, 2.05) is 12.1 Å². The molecular weight excluding hydrogens is 238 g/mol. The van der Waals surface area contributed by atoms with Gasteiger partial charge in [0.25, 0.3) is 0 Å². The number of nitrogens with one attached hydrogen (secondary N) is 1. The Morgan fingerprint density at radius 1 is 1.42 bits per heavy atom. The second-order valence-corrected chi connectivity index (χ2v) is 5.40. The molecule has 3 nitrogen and oxygen atoms in total. The molecule has 1 aliphatic rings. The zero-order valence-electron chi connectivity index (χ0n) is 11.5. The third kappa shape index (κ3) is 2.14. The lowest BCUT2D eigenvalue weighted by atomic mass is 9.95. The van der Waals surface area contributed by atoms with Crippen LogP contribution in [0.15, 0.2) is 18.2 Å². The van der Waals surface area contributed by atoms with Gasteiger partial charge in [-0.2, -0.15) is 0 Å². The van der Waals surface area contributed by atoms with E-state index in [9.17, 15) is 4.79 Å². The Balaban J connectivity index is 2.01. The Labute approximate surface area is 113 Å². The molecule has 1 N–H and O–H groups in total. The van der Waals surface area contributed by atoms with Crippen LogP contribution in [0, 0.1) is 12.8 Å². The number of fused-ring (bicyclic) bond motifs is 1. The highest BCUT2D eigenvalue weighted by Gasteiger charge is 2.26. The van der Waals surface area contributed by atoms with Crippen LogP contribution >= 0.6 is 0 Å². The van der Waals surface area contributed by atoms with Crippen molar-refractivity contribution in [1.82, 2.24) is 4.98 Å². The summed E-state index contributed by atoms with van der Waals surface area (Å²) in [4.78, 5) is 15.2. The van der Waals surface area contributed by atoms with Crippen LogP contribution in [0.2, 0.25) is 0 Å². The van der Waals surface area contributed by atoms with Crippen LogP contribution in [0.25, 0.3) is 10.9 Å². The molecule has 2 aromatic rings. The fourth-order valence-corrected chi connectivity index (χ4v) is 3.10. The van der Waals surface area contributed by atoms with Gasteiger partial charge in [0.1, 0.15) is 11.5 Å². The second-order valence-electron chi connectivity index (χ2n) is 5.40. The van der Waals surface area contributed by atoms with Crippen LogP contribution in [0.5, 0.6) is 5.75 Å². The first-order valence-electron chi connectivity index (χ1n) is 6.87. The molecule has 1 fully saturated rings. The van der Waals surface area contributed by atoms with Crippen LogP contribution in [0.1, 0.15) is 30.5 Å². The van der Waals surface area contributed by atoms with Crippen LogP contribution in [-0.2, 0) is 11.2 Å². The normalized spacial score (nSPS) is 19.3. The molecule has 0 bridgehead atoms. The summed E-state index contributed by atoms with van der Waals surface area (Å²) >= 11 is 0. The number of Topliss-reactive ketones (excluding diaryl/α,β-unsaturated/α-hetero) is 1. The standard InChI is InChI=1S/C16H19NO2/c1-10-13(8-11-4-3-5-16(11)18)14-9-12(19-2)6-7-15(14)17-10/h6-7,9,11,17H,3-5,8H2,1-2H3. The van der Waals surface area contributed by atoms with Crippen molar-refractivity contribution in [3.63, 3.8) is 0 Å². The molecule has 3 rings (SSSR count). The minimum Gasteiger partial charge on any atom is -0.497 e. The highest BCUT2D eigenvalue weighted by atomic mass is 16.5. The molecule has 19 heavy (non-hydrogen) atoms. The molecule has 0 amide bonds. The van der Waals surface area contributed by atoms with Crippen LogP contribution < -0.4 is 4.74 Å². The van der Waals surface area contributed by atoms with Crippen molar-refractivity contribution in [2.45, 2.75) is 32.6 Å². The van der Waals surface area contributed by atoms with Gasteiger partial charge in [0.2, 0.25) is 0 Å². The molecule has 0 aliphatic heterocycles. The van der Waals surface area contributed by atoms with Crippen molar-refractivity contribution in [3.05, 3.63) is 29.5 Å². The molecule has 1 heterocycles. The molecular formula is C16H19NO2. The van der Waals surface area contributed by atoms with E-state index in [4.69, 9.17) is 4.74 Å². The number of hydrogen-bond donors (Lipinski definition) is 1. The molecule has 0 spiro atoms. The highest BCUT2D eigenvalue weighted by Crippen LogP contribution is 2.32. The number of ether oxygens (including phenoxy) is 1. The minimum absolute atomic E-state index is 0.212. The SMILES string of the molecule is COc1ccc2[nH]c(C)c(CC3CCCC3=O)c2c1. The van der Waals surface area contributed by atoms with Gasteiger partial charge in [0.05, 0.1) is 7.11 Å². The Hall–Kier alpha value is -1.77. The largest absolute Gasteiger partial charge is 0.497 e. The maximum Gasteiger partial charge on any atom is 0.136 e. The molecule has 1 atom stereocenters. The van der Waals surface area contributed by atoms with Gasteiger partial charge in [-0.05, 0) is 49.9 Å². The molecule has 0 saturated heterocycles. The highest BCUT2D eigenvalue weighted by molar-refractivity contribution is 5.88. The average molecular weight is 257 g/mol. The first-order chi connectivity index (χ1) is 9.19. The van der Waals surface area contributed by atoms with E-state index in [-0.39, 0.29) is 5.92 Å². The van der Waals surface area contributed by atoms with Gasteiger partial charge < -0.3 is 9.72 Å². The van der Waals surface area contributed by atoms with E-state index in [0.717, 1.165) is 36.9 Å². The molecule has 0 radical (unpaired) electrons. The van der Waals surface area contributed by atoms with Crippen LogP contribution in [0.3, 0.4) is 0 Å². The first-order valence-corrected chi connectivity index (χ1v) is 6.87. The first kappa shape index (κ1) is 12.3. The number of H-pyrrole nitrogens is 1. The fraction of sp³-hybridized carbons (Fsp3) is 0.438. The predicted molar refractivity (Wildman–Crippen MR) is 75.6 cm³/mol. The van der Waals surface area contributed by atoms with E-state index in [1.54, 1.807) is 7.11 Å². The number of aromatic amines is 1. The zero-order chi connectivity index (χ0) is 13.4. The number of aryl methyl sites for hydroxylation is 1. The van der Waals surface area contributed by atoms with Crippen molar-refractivity contribution < 1.29 is 9.53 Å². The fourth-order valence-electron chi connectivity index (χ4n) is 3.10. The number of rotatable bonds is 3. The number of benzene rings is 1. The van der Waals surface area contributed by atoms with E-state index >= 15 is 0 Å². The molecule has 1 aromatic carbocycles. The van der Waals surface area contributed by atoms with Gasteiger partial charge >= 0.3 is 0 Å². The maximum atomic E-state index is 11.8. The molecule has 1 aliphatic carbocycles. The van der Waals surface area contributed by atoms with Gasteiger partial charge in [-0.25, -0.2) is 0 Å². The summed E-state index contributed by atoms with van der Waals surface area (Å²) in [5.74, 6) is 1.51.